The number of hydrazine groups is 1. The van der Waals surface area contributed by atoms with Crippen LogP contribution in [0.15, 0.2) is 36.4 Å². The molecular weight excluding hydrogens is 338 g/mol. The maximum absolute atomic E-state index is 12.6. The Morgan fingerprint density at radius 3 is 2.12 bits per heavy atom. The van der Waals surface area contributed by atoms with Crippen LogP contribution < -0.4 is 25.6 Å². The van der Waals surface area contributed by atoms with Crippen LogP contribution in [0.5, 0.6) is 11.5 Å². The molecule has 2 rings (SSSR count). The number of aryl methyl sites for hydroxylation is 2. The summed E-state index contributed by atoms with van der Waals surface area (Å²) < 4.78 is 10.4. The number of hydrogen-bond donors (Lipinski definition) is 2. The van der Waals surface area contributed by atoms with Gasteiger partial charge in [0.1, 0.15) is 11.5 Å². The number of methoxy groups -OCH3 is 2. The fourth-order valence-electron chi connectivity index (χ4n) is 2.22. The number of nitrogens with two attached hydrogens (primary N) is 1. The zero-order valence-electron chi connectivity index (χ0n) is 14.6. The summed E-state index contributed by atoms with van der Waals surface area (Å²) in [5, 5.41) is 1.40. The minimum absolute atomic E-state index is 0.0338. The predicted octanol–water partition coefficient (Wildman–Crippen LogP) is 2.72. The third kappa shape index (κ3) is 4.39. The second-order valence-electron chi connectivity index (χ2n) is 5.48. The molecule has 0 saturated heterocycles. The van der Waals surface area contributed by atoms with Gasteiger partial charge in [-0.05, 0) is 61.5 Å². The van der Waals surface area contributed by atoms with Crippen molar-refractivity contribution in [3.63, 3.8) is 0 Å². The Bertz CT molecular complexity index is 786. The summed E-state index contributed by atoms with van der Waals surface area (Å²) in [5.74, 6) is 0.637. The van der Waals surface area contributed by atoms with Crippen molar-refractivity contribution in [1.29, 1.82) is 0 Å². The van der Waals surface area contributed by atoms with Gasteiger partial charge in [0, 0.05) is 11.6 Å². The van der Waals surface area contributed by atoms with Crippen LogP contribution in [0.4, 0.5) is 5.69 Å². The van der Waals surface area contributed by atoms with Crippen molar-refractivity contribution < 1.29 is 14.3 Å². The average molecular weight is 359 g/mol. The Morgan fingerprint density at radius 2 is 1.64 bits per heavy atom. The molecule has 25 heavy (non-hydrogen) atoms. The molecule has 0 aliphatic heterocycles. The standard InChI is InChI=1S/C18H21N3O3S/c1-11-5-6-14(7-12(11)2)21(18(19)25)20-17(22)13-8-15(23-3)10-16(9-13)24-4/h5-10H,1-4H3,(H2,19,25)(H,20,22). The normalized spacial score (nSPS) is 10.1. The summed E-state index contributed by atoms with van der Waals surface area (Å²) in [4.78, 5) is 12.6. The smallest absolute Gasteiger partial charge is 0.270 e. The van der Waals surface area contributed by atoms with E-state index in [9.17, 15) is 4.79 Å². The lowest BCUT2D eigenvalue weighted by molar-refractivity contribution is 0.0954. The lowest BCUT2D eigenvalue weighted by Crippen LogP contribution is -2.49. The van der Waals surface area contributed by atoms with Crippen LogP contribution in [0.3, 0.4) is 0 Å². The molecule has 0 fully saturated rings. The van der Waals surface area contributed by atoms with E-state index in [-0.39, 0.29) is 11.0 Å². The van der Waals surface area contributed by atoms with Gasteiger partial charge >= 0.3 is 0 Å². The highest BCUT2D eigenvalue weighted by molar-refractivity contribution is 7.80. The Kier molecular flexibility index (Phi) is 5.82. The van der Waals surface area contributed by atoms with E-state index in [2.05, 4.69) is 5.43 Å². The van der Waals surface area contributed by atoms with E-state index in [4.69, 9.17) is 27.4 Å². The SMILES string of the molecule is COc1cc(OC)cc(C(=O)NN(C(N)=S)c2ccc(C)c(C)c2)c1. The van der Waals surface area contributed by atoms with Crippen LogP contribution in [-0.2, 0) is 0 Å². The number of anilines is 1. The molecule has 0 heterocycles. The highest BCUT2D eigenvalue weighted by atomic mass is 32.1. The largest absolute Gasteiger partial charge is 0.497 e. The summed E-state index contributed by atoms with van der Waals surface area (Å²) >= 11 is 5.08. The molecule has 0 aliphatic rings. The van der Waals surface area contributed by atoms with Gasteiger partial charge < -0.3 is 15.2 Å². The lowest BCUT2D eigenvalue weighted by atomic mass is 10.1. The molecule has 1 amide bonds. The molecule has 0 bridgehead atoms. The number of benzene rings is 2. The third-order valence-electron chi connectivity index (χ3n) is 3.80. The summed E-state index contributed by atoms with van der Waals surface area (Å²) in [6.07, 6.45) is 0. The van der Waals surface area contributed by atoms with Gasteiger partial charge in [-0.1, -0.05) is 6.07 Å². The van der Waals surface area contributed by atoms with Gasteiger partial charge in [0.05, 0.1) is 19.9 Å². The number of carbonyl (C=O) groups excluding carboxylic acids is 1. The van der Waals surface area contributed by atoms with Crippen molar-refractivity contribution in [2.45, 2.75) is 13.8 Å². The molecule has 0 atom stereocenters. The maximum atomic E-state index is 12.6. The van der Waals surface area contributed by atoms with Crippen molar-refractivity contribution in [3.05, 3.63) is 53.1 Å². The number of thiocarbonyl (C=S) groups is 1. The topological polar surface area (TPSA) is 76.8 Å². The number of carbonyl (C=O) groups is 1. The van der Waals surface area contributed by atoms with E-state index in [1.165, 1.54) is 19.2 Å². The fraction of sp³-hybridized carbons (Fsp3) is 0.222. The monoisotopic (exact) mass is 359 g/mol. The number of nitrogens with one attached hydrogen (secondary N) is 1. The molecule has 0 spiro atoms. The second kappa shape index (κ2) is 7.85. The van der Waals surface area contributed by atoms with E-state index < -0.39 is 0 Å². The average Bonchev–Trinajstić information content (AvgIpc) is 2.61. The Balaban J connectivity index is 2.32. The van der Waals surface area contributed by atoms with Crippen molar-refractivity contribution in [1.82, 2.24) is 5.43 Å². The van der Waals surface area contributed by atoms with Crippen LogP contribution in [0.25, 0.3) is 0 Å². The first kappa shape index (κ1) is 18.5. The van der Waals surface area contributed by atoms with E-state index in [0.29, 0.717) is 22.7 Å². The first-order valence-electron chi connectivity index (χ1n) is 7.56. The van der Waals surface area contributed by atoms with Gasteiger partial charge in [0.15, 0.2) is 5.11 Å². The number of hydrogen-bond acceptors (Lipinski definition) is 4. The van der Waals surface area contributed by atoms with Crippen molar-refractivity contribution in [2.75, 3.05) is 19.2 Å². The number of nitrogens with zero attached hydrogens (tertiary/aromatic N) is 1. The van der Waals surface area contributed by atoms with E-state index in [1.807, 2.05) is 32.0 Å². The summed E-state index contributed by atoms with van der Waals surface area (Å²) in [6.45, 7) is 3.98. The van der Waals surface area contributed by atoms with Crippen LogP contribution >= 0.6 is 12.2 Å². The van der Waals surface area contributed by atoms with Gasteiger partial charge in [0.2, 0.25) is 0 Å². The van der Waals surface area contributed by atoms with Crippen LogP contribution in [-0.4, -0.2) is 25.2 Å². The predicted molar refractivity (Wildman–Crippen MR) is 102 cm³/mol. The molecule has 0 radical (unpaired) electrons. The quantitative estimate of drug-likeness (QED) is 0.646. The Hall–Kier alpha value is -2.80. The molecule has 3 N–H and O–H groups in total. The van der Waals surface area contributed by atoms with Gasteiger partial charge in [-0.15, -0.1) is 0 Å². The first-order valence-corrected chi connectivity index (χ1v) is 7.97. The molecule has 0 unspecified atom stereocenters. The molecule has 0 aliphatic carbocycles. The highest BCUT2D eigenvalue weighted by Crippen LogP contribution is 2.23. The fourth-order valence-corrected chi connectivity index (χ4v) is 2.37. The first-order chi connectivity index (χ1) is 11.8. The summed E-state index contributed by atoms with van der Waals surface area (Å²) in [5.41, 5.74) is 11.7. The van der Waals surface area contributed by atoms with E-state index in [0.717, 1.165) is 11.1 Å². The minimum atomic E-state index is -0.386. The van der Waals surface area contributed by atoms with Gasteiger partial charge in [-0.25, -0.2) is 5.01 Å². The van der Waals surface area contributed by atoms with Crippen LogP contribution in [0.2, 0.25) is 0 Å². The van der Waals surface area contributed by atoms with Gasteiger partial charge in [-0.3, -0.25) is 10.2 Å². The van der Waals surface area contributed by atoms with Crippen LogP contribution in [0.1, 0.15) is 21.5 Å². The van der Waals surface area contributed by atoms with Crippen LogP contribution in [0, 0.1) is 13.8 Å². The molecular formula is C18H21N3O3S. The van der Waals surface area contributed by atoms with Crippen molar-refractivity contribution >= 4 is 28.9 Å². The molecule has 2 aromatic carbocycles. The molecule has 6 nitrogen and oxygen atoms in total. The van der Waals surface area contributed by atoms with Gasteiger partial charge in [0.25, 0.3) is 5.91 Å². The molecule has 0 saturated carbocycles. The van der Waals surface area contributed by atoms with Gasteiger partial charge in [-0.2, -0.15) is 0 Å². The van der Waals surface area contributed by atoms with Crippen molar-refractivity contribution in [2.24, 2.45) is 5.73 Å². The summed E-state index contributed by atoms with van der Waals surface area (Å²) in [6, 6.07) is 10.6. The third-order valence-corrected chi connectivity index (χ3v) is 3.98. The van der Waals surface area contributed by atoms with E-state index >= 15 is 0 Å². The molecule has 2 aromatic rings. The number of ether oxygens (including phenoxy) is 2. The Morgan fingerprint density at radius 1 is 1.04 bits per heavy atom. The highest BCUT2D eigenvalue weighted by Gasteiger charge is 2.16. The lowest BCUT2D eigenvalue weighted by Gasteiger charge is -2.24. The van der Waals surface area contributed by atoms with E-state index in [1.54, 1.807) is 18.2 Å². The number of amides is 1. The maximum Gasteiger partial charge on any atom is 0.270 e. The molecule has 132 valence electrons. The molecule has 0 aromatic heterocycles. The Labute approximate surface area is 152 Å². The van der Waals surface area contributed by atoms with Crippen molar-refractivity contribution in [3.8, 4) is 11.5 Å². The number of rotatable bonds is 4. The second-order valence-corrected chi connectivity index (χ2v) is 5.90. The zero-order chi connectivity index (χ0) is 18.6. The molecule has 7 heteroatoms. The minimum Gasteiger partial charge on any atom is -0.497 e. The zero-order valence-corrected chi connectivity index (χ0v) is 15.4. The summed E-state index contributed by atoms with van der Waals surface area (Å²) in [7, 11) is 3.04.